The molecule has 0 saturated heterocycles. The monoisotopic (exact) mass is 238 g/mol. The molecule has 0 heterocycles. The van der Waals surface area contributed by atoms with E-state index in [0.717, 1.165) is 13.3 Å². The van der Waals surface area contributed by atoms with Gasteiger partial charge in [0.25, 0.3) is 5.97 Å². The molecule has 1 rings (SSSR count). The van der Waals surface area contributed by atoms with Crippen LogP contribution in [-0.2, 0) is 16.0 Å². The third-order valence-corrected chi connectivity index (χ3v) is 1.95. The number of carboxylic acids is 1. The molecular weight excluding hydrogens is 220 g/mol. The molecule has 0 aliphatic carbocycles. The number of carbonyl (C=O) groups excluding carboxylic acids is 1. The largest absolute Gasteiger partial charge is 0.481 e. The van der Waals surface area contributed by atoms with Crippen LogP contribution in [0, 0.1) is 0 Å². The first-order valence-electron chi connectivity index (χ1n) is 5.22. The number of benzene rings is 1. The highest BCUT2D eigenvalue weighted by atomic mass is 16.4. The Hall–Kier alpha value is -1.88. The average Bonchev–Trinajstić information content (AvgIpc) is 2.26. The lowest BCUT2D eigenvalue weighted by Crippen LogP contribution is -2.36. The molecule has 0 spiro atoms. The molecule has 0 aliphatic heterocycles. The van der Waals surface area contributed by atoms with Crippen molar-refractivity contribution in [2.24, 2.45) is 11.5 Å². The molecule has 0 bridgehead atoms. The van der Waals surface area contributed by atoms with E-state index in [4.69, 9.17) is 21.4 Å². The molecule has 0 aromatic heterocycles. The molecule has 1 aromatic rings. The number of primary amides is 1. The van der Waals surface area contributed by atoms with E-state index in [0.29, 0.717) is 6.42 Å². The Morgan fingerprint density at radius 3 is 2.18 bits per heavy atom. The average molecular weight is 238 g/mol. The van der Waals surface area contributed by atoms with Crippen molar-refractivity contribution in [2.75, 3.05) is 0 Å². The minimum Gasteiger partial charge on any atom is -0.481 e. The Morgan fingerprint density at radius 1 is 1.29 bits per heavy atom. The zero-order valence-electron chi connectivity index (χ0n) is 9.80. The number of aryl methyl sites for hydroxylation is 1. The van der Waals surface area contributed by atoms with Gasteiger partial charge in [0.2, 0.25) is 5.91 Å². The fourth-order valence-corrected chi connectivity index (χ4v) is 1.11. The van der Waals surface area contributed by atoms with E-state index in [1.807, 2.05) is 30.3 Å². The van der Waals surface area contributed by atoms with Crippen molar-refractivity contribution in [2.45, 2.75) is 25.8 Å². The number of hydrogen-bond acceptors (Lipinski definition) is 3. The van der Waals surface area contributed by atoms with Crippen molar-refractivity contribution in [3.8, 4) is 0 Å². The topological polar surface area (TPSA) is 106 Å². The molecule has 1 atom stereocenters. The van der Waals surface area contributed by atoms with E-state index in [9.17, 15) is 4.79 Å². The second-order valence-corrected chi connectivity index (χ2v) is 3.55. The van der Waals surface area contributed by atoms with Crippen LogP contribution in [0.2, 0.25) is 0 Å². The van der Waals surface area contributed by atoms with E-state index in [2.05, 4.69) is 0 Å². The van der Waals surface area contributed by atoms with Crippen LogP contribution in [0.1, 0.15) is 18.9 Å². The van der Waals surface area contributed by atoms with E-state index >= 15 is 0 Å². The zero-order valence-corrected chi connectivity index (χ0v) is 9.80. The van der Waals surface area contributed by atoms with Gasteiger partial charge in [0, 0.05) is 6.92 Å². The highest BCUT2D eigenvalue weighted by Crippen LogP contribution is 2.03. The lowest BCUT2D eigenvalue weighted by Gasteiger charge is -2.06. The number of hydrogen-bond donors (Lipinski definition) is 3. The summed E-state index contributed by atoms with van der Waals surface area (Å²) in [6.07, 6.45) is 1.41. The summed E-state index contributed by atoms with van der Waals surface area (Å²) in [5, 5.41) is 7.42. The van der Waals surface area contributed by atoms with Crippen LogP contribution in [0.4, 0.5) is 0 Å². The van der Waals surface area contributed by atoms with Crippen molar-refractivity contribution >= 4 is 11.9 Å². The van der Waals surface area contributed by atoms with E-state index in [1.165, 1.54) is 5.56 Å². The Labute approximate surface area is 100 Å². The molecule has 5 nitrogen and oxygen atoms in total. The van der Waals surface area contributed by atoms with Gasteiger partial charge in [-0.2, -0.15) is 0 Å². The first-order chi connectivity index (χ1) is 7.93. The second-order valence-electron chi connectivity index (χ2n) is 3.55. The van der Waals surface area contributed by atoms with Crippen LogP contribution in [0.5, 0.6) is 0 Å². The van der Waals surface area contributed by atoms with Gasteiger partial charge >= 0.3 is 0 Å². The maximum Gasteiger partial charge on any atom is 0.300 e. The van der Waals surface area contributed by atoms with Crippen molar-refractivity contribution < 1.29 is 14.7 Å². The maximum absolute atomic E-state index is 10.6. The van der Waals surface area contributed by atoms with Gasteiger partial charge in [-0.25, -0.2) is 0 Å². The number of carboxylic acid groups (broad SMARTS) is 1. The molecule has 17 heavy (non-hydrogen) atoms. The van der Waals surface area contributed by atoms with Gasteiger partial charge in [-0.1, -0.05) is 30.3 Å². The SMILES string of the molecule is CC(=O)O.NC(=O)C(N)CCc1ccccc1. The first-order valence-corrected chi connectivity index (χ1v) is 5.22. The summed E-state index contributed by atoms with van der Waals surface area (Å²) in [6.45, 7) is 1.08. The zero-order chi connectivity index (χ0) is 13.3. The van der Waals surface area contributed by atoms with Crippen LogP contribution in [-0.4, -0.2) is 23.0 Å². The summed E-state index contributed by atoms with van der Waals surface area (Å²) >= 11 is 0. The lowest BCUT2D eigenvalue weighted by molar-refractivity contribution is -0.134. The van der Waals surface area contributed by atoms with Crippen molar-refractivity contribution in [3.05, 3.63) is 35.9 Å². The quantitative estimate of drug-likeness (QED) is 0.711. The standard InChI is InChI=1S/C10H14N2O.C2H4O2/c11-9(10(12)13)7-6-8-4-2-1-3-5-8;1-2(3)4/h1-5,9H,6-7,11H2,(H2,12,13);1H3,(H,3,4). The normalized spacial score (nSPS) is 10.9. The predicted octanol–water partition coefficient (Wildman–Crippen LogP) is 0.523. The number of aliphatic carboxylic acids is 1. The third kappa shape index (κ3) is 9.07. The van der Waals surface area contributed by atoms with Crippen molar-refractivity contribution in [3.63, 3.8) is 0 Å². The Morgan fingerprint density at radius 2 is 1.76 bits per heavy atom. The van der Waals surface area contributed by atoms with E-state index in [-0.39, 0.29) is 0 Å². The molecule has 94 valence electrons. The summed E-state index contributed by atoms with van der Waals surface area (Å²) < 4.78 is 0. The van der Waals surface area contributed by atoms with Gasteiger partial charge < -0.3 is 16.6 Å². The molecule has 5 N–H and O–H groups in total. The Bertz CT molecular complexity index is 348. The highest BCUT2D eigenvalue weighted by molar-refractivity contribution is 5.79. The van der Waals surface area contributed by atoms with Crippen LogP contribution >= 0.6 is 0 Å². The smallest absolute Gasteiger partial charge is 0.300 e. The number of carbonyl (C=O) groups is 2. The van der Waals surface area contributed by atoms with Crippen molar-refractivity contribution in [1.29, 1.82) is 0 Å². The highest BCUT2D eigenvalue weighted by Gasteiger charge is 2.08. The first kappa shape index (κ1) is 15.1. The molecular formula is C12H18N2O3. The van der Waals surface area contributed by atoms with Gasteiger partial charge in [-0.05, 0) is 18.4 Å². The fraction of sp³-hybridized carbons (Fsp3) is 0.333. The molecule has 0 aliphatic rings. The second kappa shape index (κ2) is 8.29. The summed E-state index contributed by atoms with van der Waals surface area (Å²) in [6, 6.07) is 9.37. The molecule has 5 heteroatoms. The van der Waals surface area contributed by atoms with Crippen LogP contribution < -0.4 is 11.5 Å². The number of nitrogens with two attached hydrogens (primary N) is 2. The lowest BCUT2D eigenvalue weighted by atomic mass is 10.1. The number of amides is 1. The van der Waals surface area contributed by atoms with Gasteiger partial charge in [0.05, 0.1) is 6.04 Å². The molecule has 0 radical (unpaired) electrons. The van der Waals surface area contributed by atoms with E-state index in [1.54, 1.807) is 0 Å². The number of rotatable bonds is 4. The minimum absolute atomic E-state index is 0.434. The summed E-state index contributed by atoms with van der Waals surface area (Å²) in [5.41, 5.74) is 11.7. The predicted molar refractivity (Wildman–Crippen MR) is 65.2 cm³/mol. The van der Waals surface area contributed by atoms with Gasteiger partial charge in [-0.3, -0.25) is 9.59 Å². The molecule has 0 fully saturated rings. The van der Waals surface area contributed by atoms with Crippen LogP contribution in [0.25, 0.3) is 0 Å². The Kier molecular flexibility index (Phi) is 7.38. The summed E-state index contributed by atoms with van der Waals surface area (Å²) in [7, 11) is 0. The van der Waals surface area contributed by atoms with Crippen molar-refractivity contribution in [1.82, 2.24) is 0 Å². The van der Waals surface area contributed by atoms with Gasteiger partial charge in [0.1, 0.15) is 0 Å². The van der Waals surface area contributed by atoms with Crippen LogP contribution in [0.3, 0.4) is 0 Å². The minimum atomic E-state index is -0.833. The van der Waals surface area contributed by atoms with E-state index < -0.39 is 17.9 Å². The van der Waals surface area contributed by atoms with Crippen LogP contribution in [0.15, 0.2) is 30.3 Å². The van der Waals surface area contributed by atoms with Gasteiger partial charge in [-0.15, -0.1) is 0 Å². The molecule has 1 unspecified atom stereocenters. The maximum atomic E-state index is 10.6. The molecule has 0 saturated carbocycles. The third-order valence-electron chi connectivity index (χ3n) is 1.95. The fourth-order valence-electron chi connectivity index (χ4n) is 1.11. The Balaban J connectivity index is 0.000000557. The van der Waals surface area contributed by atoms with Gasteiger partial charge in [0.15, 0.2) is 0 Å². The summed E-state index contributed by atoms with van der Waals surface area (Å²) in [5.74, 6) is -1.27. The summed E-state index contributed by atoms with van der Waals surface area (Å²) in [4.78, 5) is 19.6. The molecule has 1 amide bonds. The molecule has 1 aromatic carbocycles.